The van der Waals surface area contributed by atoms with Crippen LogP contribution in [0.3, 0.4) is 0 Å². The van der Waals surface area contributed by atoms with Gasteiger partial charge in [-0.1, -0.05) is 166 Å². The largest absolute Gasteiger partial charge is 2.00 e. The van der Waals surface area contributed by atoms with Gasteiger partial charge in [-0.25, -0.2) is 0 Å². The van der Waals surface area contributed by atoms with E-state index >= 15 is 0 Å². The van der Waals surface area contributed by atoms with Crippen molar-refractivity contribution in [3.8, 4) is 0 Å². The van der Waals surface area contributed by atoms with Gasteiger partial charge in [0.05, 0.1) is 0 Å². The van der Waals surface area contributed by atoms with Crippen LogP contribution in [-0.2, 0) is 34.7 Å². The summed E-state index contributed by atoms with van der Waals surface area (Å²) in [6, 6.07) is 0. The van der Waals surface area contributed by atoms with Crippen molar-refractivity contribution in [3.05, 3.63) is 21.3 Å². The second kappa shape index (κ2) is 21.8. The number of hydrogen-bond donors (Lipinski definition) is 4. The SMILES string of the molecule is CC(C)(C)[N-]C(O)C(C)(C)C.CC(C)(C)[N-]C(O)C(C)(C)C.CC(C)(C)[N-]C(O)C(C)(C)C.CC(C)(C)[N-]C(O)C(C)(C)C.[Cr+2].[Cr+2]. The third-order valence-corrected chi connectivity index (χ3v) is 5.14. The molecular weight excluding hydrogens is 656 g/mol. The molecule has 0 aromatic rings. The van der Waals surface area contributed by atoms with Gasteiger partial charge in [0.25, 0.3) is 0 Å². The summed E-state index contributed by atoms with van der Waals surface area (Å²) in [5.74, 6) is 0. The first kappa shape index (κ1) is 58.9. The molecule has 0 spiro atoms. The Hall–Kier alpha value is 0.745. The fourth-order valence-corrected chi connectivity index (χ4v) is 2.24. The van der Waals surface area contributed by atoms with Crippen LogP contribution in [0, 0.1) is 21.7 Å². The van der Waals surface area contributed by atoms with Gasteiger partial charge < -0.3 is 41.7 Å². The molecule has 0 heterocycles. The molecule has 0 bridgehead atoms. The molecule has 4 unspecified atom stereocenters. The van der Waals surface area contributed by atoms with E-state index in [0.29, 0.717) is 0 Å². The van der Waals surface area contributed by atoms with Gasteiger partial charge in [0.15, 0.2) is 0 Å². The summed E-state index contributed by atoms with van der Waals surface area (Å²) in [4.78, 5) is 0. The molecule has 0 aromatic heterocycles. The predicted molar refractivity (Wildman–Crippen MR) is 194 cm³/mol. The van der Waals surface area contributed by atoms with Crippen molar-refractivity contribution < 1.29 is 55.1 Å². The van der Waals surface area contributed by atoms with Crippen molar-refractivity contribution in [1.29, 1.82) is 0 Å². The van der Waals surface area contributed by atoms with Crippen molar-refractivity contribution in [2.24, 2.45) is 21.7 Å². The van der Waals surface area contributed by atoms with E-state index in [-0.39, 0.29) is 78.5 Å². The van der Waals surface area contributed by atoms with Crippen molar-refractivity contribution in [2.45, 2.75) is 213 Å². The van der Waals surface area contributed by atoms with Crippen LogP contribution in [0.1, 0.15) is 166 Å². The fourth-order valence-electron chi connectivity index (χ4n) is 2.24. The quantitative estimate of drug-likeness (QED) is 0.228. The Bertz CT molecular complexity index is 614. The normalized spacial score (nSPS) is 15.9. The summed E-state index contributed by atoms with van der Waals surface area (Å²) in [6.07, 6.45) is -2.27. The average Bonchev–Trinajstić information content (AvgIpc) is 2.61. The van der Waals surface area contributed by atoms with E-state index in [1.54, 1.807) is 0 Å². The van der Waals surface area contributed by atoms with E-state index in [9.17, 15) is 20.4 Å². The molecule has 0 amide bonds. The average molecular weight is 737 g/mol. The molecule has 0 saturated carbocycles. The minimum Gasteiger partial charge on any atom is -0.632 e. The third kappa shape index (κ3) is 42.8. The molecular formula is C36H80Cr2N4O4. The minimum absolute atomic E-state index is 0. The predicted octanol–water partition coefficient (Wildman–Crippen LogP) is 10.1. The maximum atomic E-state index is 9.55. The van der Waals surface area contributed by atoms with Crippen molar-refractivity contribution in [2.75, 3.05) is 0 Å². The van der Waals surface area contributed by atoms with Crippen LogP contribution in [0.25, 0.3) is 21.3 Å². The zero-order chi connectivity index (χ0) is 37.1. The Morgan fingerprint density at radius 2 is 0.348 bits per heavy atom. The van der Waals surface area contributed by atoms with E-state index in [1.807, 2.05) is 166 Å². The zero-order valence-electron chi connectivity index (χ0n) is 34.7. The summed E-state index contributed by atoms with van der Waals surface area (Å²) in [5, 5.41) is 55.2. The second-order valence-corrected chi connectivity index (χ2v) is 20.2. The van der Waals surface area contributed by atoms with E-state index in [4.69, 9.17) is 0 Å². The molecule has 280 valence electrons. The van der Waals surface area contributed by atoms with Gasteiger partial charge >= 0.3 is 34.7 Å². The van der Waals surface area contributed by atoms with Crippen LogP contribution in [0.4, 0.5) is 0 Å². The monoisotopic (exact) mass is 736 g/mol. The molecule has 0 aromatic carbocycles. The molecule has 0 radical (unpaired) electrons. The molecule has 46 heavy (non-hydrogen) atoms. The van der Waals surface area contributed by atoms with E-state index < -0.39 is 24.9 Å². The first-order chi connectivity index (χ1) is 18.5. The van der Waals surface area contributed by atoms with E-state index in [1.165, 1.54) is 0 Å². The molecule has 4 atom stereocenters. The standard InChI is InChI=1S/4C9H20NO.2Cr/c4*1-8(2,3)7(11)10-9(4,5)6;;/h4*7,11H,1-6H3;;/q4*-1;2*+2. The maximum Gasteiger partial charge on any atom is 2.00 e. The van der Waals surface area contributed by atoms with Crippen LogP contribution < -0.4 is 0 Å². The topological polar surface area (TPSA) is 137 Å². The van der Waals surface area contributed by atoms with E-state index in [2.05, 4.69) is 21.3 Å². The summed E-state index contributed by atoms with van der Waals surface area (Å²) in [6.45, 7) is 47.6. The Morgan fingerprint density at radius 3 is 0.370 bits per heavy atom. The maximum absolute atomic E-state index is 9.55. The number of hydrogen-bond acceptors (Lipinski definition) is 4. The first-order valence-corrected chi connectivity index (χ1v) is 16.1. The number of nitrogens with zero attached hydrogens (tertiary/aromatic N) is 4. The molecule has 0 aliphatic rings. The summed E-state index contributed by atoms with van der Waals surface area (Å²) in [5.41, 5.74) is -1.17. The Morgan fingerprint density at radius 1 is 0.261 bits per heavy atom. The smallest absolute Gasteiger partial charge is 0.632 e. The van der Waals surface area contributed by atoms with Gasteiger partial charge in [-0.2, -0.15) is 0 Å². The Balaban J connectivity index is -0.000000114. The first-order valence-electron chi connectivity index (χ1n) is 16.1. The van der Waals surface area contributed by atoms with Gasteiger partial charge in [0, 0.05) is 0 Å². The Kier molecular flexibility index (Phi) is 28.0. The van der Waals surface area contributed by atoms with Crippen molar-refractivity contribution >= 4 is 0 Å². The van der Waals surface area contributed by atoms with Gasteiger partial charge in [-0.15, -0.1) is 22.2 Å². The molecule has 8 nitrogen and oxygen atoms in total. The molecule has 4 N–H and O–H groups in total. The molecule has 0 aliphatic carbocycles. The summed E-state index contributed by atoms with van der Waals surface area (Å²) >= 11 is 0. The van der Waals surface area contributed by atoms with Crippen LogP contribution in [-0.4, -0.2) is 67.5 Å². The van der Waals surface area contributed by atoms with Crippen molar-refractivity contribution in [1.82, 2.24) is 0 Å². The molecule has 0 saturated heterocycles. The third-order valence-electron chi connectivity index (χ3n) is 5.14. The van der Waals surface area contributed by atoms with Gasteiger partial charge in [0.2, 0.25) is 0 Å². The zero-order valence-corrected chi connectivity index (χ0v) is 37.3. The van der Waals surface area contributed by atoms with Crippen LogP contribution >= 0.6 is 0 Å². The molecule has 0 fully saturated rings. The molecule has 0 rings (SSSR count). The van der Waals surface area contributed by atoms with Crippen LogP contribution in [0.5, 0.6) is 0 Å². The van der Waals surface area contributed by atoms with Crippen LogP contribution in [0.2, 0.25) is 0 Å². The van der Waals surface area contributed by atoms with Gasteiger partial charge in [-0.05, 0) is 46.6 Å². The van der Waals surface area contributed by atoms with Gasteiger partial charge in [0.1, 0.15) is 0 Å². The second-order valence-electron chi connectivity index (χ2n) is 20.2. The van der Waals surface area contributed by atoms with Gasteiger partial charge in [-0.3, -0.25) is 0 Å². The number of aliphatic hydroxyl groups is 4. The van der Waals surface area contributed by atoms with E-state index in [0.717, 1.165) is 0 Å². The molecule has 0 aliphatic heterocycles. The summed E-state index contributed by atoms with van der Waals surface area (Å²) in [7, 11) is 0. The van der Waals surface area contributed by atoms with Crippen LogP contribution in [0.15, 0.2) is 0 Å². The number of aliphatic hydroxyl groups excluding tert-OH is 4. The van der Waals surface area contributed by atoms with Crippen molar-refractivity contribution in [3.63, 3.8) is 0 Å². The number of rotatable bonds is 4. The molecule has 10 heteroatoms. The Labute approximate surface area is 310 Å². The minimum atomic E-state index is -0.567. The fraction of sp³-hybridized carbons (Fsp3) is 1.00. The summed E-state index contributed by atoms with van der Waals surface area (Å²) < 4.78 is 0.